The number of benzene rings is 2. The summed E-state index contributed by atoms with van der Waals surface area (Å²) >= 11 is 2.63. The van der Waals surface area contributed by atoms with Crippen LogP contribution in [0, 0.1) is 13.8 Å². The van der Waals surface area contributed by atoms with E-state index in [0.717, 1.165) is 11.3 Å². The van der Waals surface area contributed by atoms with Gasteiger partial charge in [-0.3, -0.25) is 4.79 Å². The third kappa shape index (κ3) is 6.13. The largest absolute Gasteiger partial charge is 0.435 e. The molecular formula is C19H18F2N4O2S2. The fourth-order valence-electron chi connectivity index (χ4n) is 2.36. The van der Waals surface area contributed by atoms with Gasteiger partial charge in [0.2, 0.25) is 11.0 Å². The fraction of sp³-hybridized carbons (Fsp3) is 0.211. The monoisotopic (exact) mass is 436 g/mol. The molecule has 0 saturated heterocycles. The van der Waals surface area contributed by atoms with Crippen LogP contribution < -0.4 is 15.4 Å². The minimum Gasteiger partial charge on any atom is -0.435 e. The molecule has 0 aliphatic carbocycles. The molecule has 1 heterocycles. The van der Waals surface area contributed by atoms with Gasteiger partial charge in [0.05, 0.1) is 5.75 Å². The summed E-state index contributed by atoms with van der Waals surface area (Å²) in [5.74, 6) is -0.0604. The van der Waals surface area contributed by atoms with Crippen molar-refractivity contribution in [1.29, 1.82) is 0 Å². The van der Waals surface area contributed by atoms with Crippen molar-refractivity contribution in [1.82, 2.24) is 10.2 Å². The Kier molecular flexibility index (Phi) is 6.99. The molecule has 0 bridgehead atoms. The van der Waals surface area contributed by atoms with Gasteiger partial charge in [-0.15, -0.1) is 10.2 Å². The summed E-state index contributed by atoms with van der Waals surface area (Å²) in [5.41, 5.74) is 3.78. The lowest BCUT2D eigenvalue weighted by Gasteiger charge is -2.08. The van der Waals surface area contributed by atoms with Gasteiger partial charge < -0.3 is 15.4 Å². The van der Waals surface area contributed by atoms with Gasteiger partial charge in [-0.1, -0.05) is 35.2 Å². The van der Waals surface area contributed by atoms with Gasteiger partial charge in [0, 0.05) is 11.4 Å². The van der Waals surface area contributed by atoms with E-state index in [2.05, 4.69) is 25.6 Å². The van der Waals surface area contributed by atoms with Crippen molar-refractivity contribution in [3.63, 3.8) is 0 Å². The van der Waals surface area contributed by atoms with Crippen LogP contribution in [0.3, 0.4) is 0 Å². The van der Waals surface area contributed by atoms with E-state index >= 15 is 0 Å². The number of anilines is 3. The number of alkyl halides is 2. The Balaban J connectivity index is 1.50. The average Bonchev–Trinajstić information content (AvgIpc) is 3.12. The summed E-state index contributed by atoms with van der Waals surface area (Å²) in [5, 5.41) is 14.8. The number of aromatic nitrogens is 2. The number of halogens is 2. The lowest BCUT2D eigenvalue weighted by Crippen LogP contribution is -2.13. The van der Waals surface area contributed by atoms with Crippen LogP contribution in [0.25, 0.3) is 0 Å². The normalized spacial score (nSPS) is 10.8. The Morgan fingerprint density at radius 2 is 1.93 bits per heavy atom. The van der Waals surface area contributed by atoms with E-state index in [1.165, 1.54) is 52.9 Å². The van der Waals surface area contributed by atoms with Gasteiger partial charge in [0.1, 0.15) is 5.75 Å². The Hall–Kier alpha value is -2.72. The Labute approximate surface area is 174 Å². The fourth-order valence-corrected chi connectivity index (χ4v) is 3.93. The molecule has 1 amide bonds. The summed E-state index contributed by atoms with van der Waals surface area (Å²) in [7, 11) is 0. The first-order valence-corrected chi connectivity index (χ1v) is 10.3. The molecule has 152 valence electrons. The van der Waals surface area contributed by atoms with Crippen molar-refractivity contribution in [2.75, 3.05) is 16.4 Å². The molecule has 2 N–H and O–H groups in total. The molecule has 6 nitrogen and oxygen atoms in total. The van der Waals surface area contributed by atoms with E-state index in [-0.39, 0.29) is 17.4 Å². The first-order chi connectivity index (χ1) is 13.9. The molecule has 2 aromatic carbocycles. The Morgan fingerprint density at radius 3 is 2.66 bits per heavy atom. The van der Waals surface area contributed by atoms with Crippen molar-refractivity contribution in [2.24, 2.45) is 0 Å². The smallest absolute Gasteiger partial charge is 0.387 e. The number of ether oxygens (including phenoxy) is 1. The predicted molar refractivity (Wildman–Crippen MR) is 112 cm³/mol. The molecule has 0 atom stereocenters. The molecule has 0 aliphatic heterocycles. The molecule has 0 unspecified atom stereocenters. The predicted octanol–water partition coefficient (Wildman–Crippen LogP) is 5.23. The summed E-state index contributed by atoms with van der Waals surface area (Å²) in [6.07, 6.45) is 0. The maximum Gasteiger partial charge on any atom is 0.387 e. The zero-order chi connectivity index (χ0) is 20.8. The number of nitrogens with one attached hydrogen (secondary N) is 2. The van der Waals surface area contributed by atoms with Gasteiger partial charge in [0.25, 0.3) is 0 Å². The van der Waals surface area contributed by atoms with Crippen molar-refractivity contribution < 1.29 is 18.3 Å². The van der Waals surface area contributed by atoms with Crippen LogP contribution in [-0.4, -0.2) is 28.5 Å². The molecule has 3 rings (SSSR count). The summed E-state index contributed by atoms with van der Waals surface area (Å²) in [4.78, 5) is 12.1. The van der Waals surface area contributed by atoms with E-state index in [9.17, 15) is 13.6 Å². The standard InChI is InChI=1S/C19H18F2N4O2S2/c1-11-4-3-5-15(12(11)2)23-18-24-25-19(29-18)28-10-16(26)22-13-6-8-14(9-7-13)27-17(20)21/h3-9,17H,10H2,1-2H3,(H,22,26)(H,23,24). The number of rotatable bonds is 8. The van der Waals surface area contributed by atoms with E-state index in [1.807, 2.05) is 32.0 Å². The molecule has 29 heavy (non-hydrogen) atoms. The lowest BCUT2D eigenvalue weighted by molar-refractivity contribution is -0.113. The highest BCUT2D eigenvalue weighted by Crippen LogP contribution is 2.29. The number of carbonyl (C=O) groups is 1. The van der Waals surface area contributed by atoms with E-state index in [4.69, 9.17) is 0 Å². The van der Waals surface area contributed by atoms with Crippen LogP contribution >= 0.6 is 23.1 Å². The first kappa shape index (κ1) is 21.0. The quantitative estimate of drug-likeness (QED) is 0.471. The molecule has 0 spiro atoms. The average molecular weight is 437 g/mol. The molecular weight excluding hydrogens is 418 g/mol. The van der Waals surface area contributed by atoms with Crippen molar-refractivity contribution in [2.45, 2.75) is 24.8 Å². The second-order valence-corrected chi connectivity index (χ2v) is 8.19. The van der Waals surface area contributed by atoms with Gasteiger partial charge in [-0.25, -0.2) is 0 Å². The highest BCUT2D eigenvalue weighted by molar-refractivity contribution is 8.01. The molecule has 0 fully saturated rings. The number of aryl methyl sites for hydroxylation is 1. The highest BCUT2D eigenvalue weighted by Gasteiger charge is 2.10. The number of nitrogens with zero attached hydrogens (tertiary/aromatic N) is 2. The lowest BCUT2D eigenvalue weighted by atomic mass is 10.1. The van der Waals surface area contributed by atoms with Crippen LogP contribution in [0.2, 0.25) is 0 Å². The maximum atomic E-state index is 12.1. The van der Waals surface area contributed by atoms with E-state index in [0.29, 0.717) is 15.2 Å². The summed E-state index contributed by atoms with van der Waals surface area (Å²) in [6.45, 7) is 1.19. The van der Waals surface area contributed by atoms with Crippen LogP contribution in [0.5, 0.6) is 5.75 Å². The Morgan fingerprint density at radius 1 is 1.17 bits per heavy atom. The van der Waals surface area contributed by atoms with Crippen LogP contribution in [0.4, 0.5) is 25.3 Å². The molecule has 3 aromatic rings. The third-order valence-electron chi connectivity index (χ3n) is 3.94. The van der Waals surface area contributed by atoms with Gasteiger partial charge in [-0.05, 0) is 55.3 Å². The number of hydrogen-bond donors (Lipinski definition) is 2. The topological polar surface area (TPSA) is 76.1 Å². The Bertz CT molecular complexity index is 981. The summed E-state index contributed by atoms with van der Waals surface area (Å²) < 4.78 is 29.2. The molecule has 1 aromatic heterocycles. The molecule has 0 saturated carbocycles. The number of thioether (sulfide) groups is 1. The molecule has 0 radical (unpaired) electrons. The SMILES string of the molecule is Cc1cccc(Nc2nnc(SCC(=O)Nc3ccc(OC(F)F)cc3)s2)c1C. The number of amides is 1. The zero-order valence-electron chi connectivity index (χ0n) is 15.6. The maximum absolute atomic E-state index is 12.1. The minimum absolute atomic E-state index is 0.0325. The van der Waals surface area contributed by atoms with Gasteiger partial charge in [-0.2, -0.15) is 8.78 Å². The van der Waals surface area contributed by atoms with E-state index in [1.54, 1.807) is 0 Å². The van der Waals surface area contributed by atoms with Crippen LogP contribution in [-0.2, 0) is 4.79 Å². The van der Waals surface area contributed by atoms with E-state index < -0.39 is 6.61 Å². The molecule has 10 heteroatoms. The zero-order valence-corrected chi connectivity index (χ0v) is 17.2. The second kappa shape index (κ2) is 9.66. The van der Waals surface area contributed by atoms with Gasteiger partial charge in [0.15, 0.2) is 4.34 Å². The van der Waals surface area contributed by atoms with Crippen LogP contribution in [0.1, 0.15) is 11.1 Å². The number of carbonyl (C=O) groups excluding carboxylic acids is 1. The van der Waals surface area contributed by atoms with Crippen molar-refractivity contribution in [3.05, 3.63) is 53.6 Å². The third-order valence-corrected chi connectivity index (χ3v) is 5.91. The first-order valence-electron chi connectivity index (χ1n) is 8.55. The minimum atomic E-state index is -2.88. The van der Waals surface area contributed by atoms with Gasteiger partial charge >= 0.3 is 6.61 Å². The van der Waals surface area contributed by atoms with Crippen LogP contribution in [0.15, 0.2) is 46.8 Å². The summed E-state index contributed by atoms with van der Waals surface area (Å²) in [6, 6.07) is 11.7. The van der Waals surface area contributed by atoms with Crippen molar-refractivity contribution in [3.8, 4) is 5.75 Å². The van der Waals surface area contributed by atoms with Crippen molar-refractivity contribution >= 4 is 45.5 Å². The molecule has 0 aliphatic rings. The highest BCUT2D eigenvalue weighted by atomic mass is 32.2. The number of hydrogen-bond acceptors (Lipinski definition) is 7. The second-order valence-electron chi connectivity index (χ2n) is 5.99.